The summed E-state index contributed by atoms with van der Waals surface area (Å²) in [4.78, 5) is 14.1. The second-order valence-electron chi connectivity index (χ2n) is 5.43. The van der Waals surface area contributed by atoms with Crippen molar-refractivity contribution in [3.05, 3.63) is 28.8 Å². The number of amides is 1. The molecule has 0 aromatic heterocycles. The smallest absolute Gasteiger partial charge is 0.254 e. The van der Waals surface area contributed by atoms with Gasteiger partial charge in [0.1, 0.15) is 0 Å². The highest BCUT2D eigenvalue weighted by molar-refractivity contribution is 7.90. The van der Waals surface area contributed by atoms with Gasteiger partial charge in [-0.1, -0.05) is 18.5 Å². The van der Waals surface area contributed by atoms with E-state index in [1.165, 1.54) is 18.2 Å². The molecule has 2 rings (SSSR count). The van der Waals surface area contributed by atoms with Crippen molar-refractivity contribution < 1.29 is 18.3 Å². The number of aliphatic hydroxyl groups excluding tert-OH is 1. The molecule has 5 nitrogen and oxygen atoms in total. The molecule has 2 unspecified atom stereocenters. The average molecular weight is 332 g/mol. The van der Waals surface area contributed by atoms with Crippen LogP contribution in [0.15, 0.2) is 23.1 Å². The first kappa shape index (κ1) is 16.3. The summed E-state index contributed by atoms with van der Waals surface area (Å²) in [7, 11) is -3.49. The van der Waals surface area contributed by atoms with Crippen molar-refractivity contribution in [2.45, 2.75) is 24.3 Å². The van der Waals surface area contributed by atoms with Gasteiger partial charge in [0.05, 0.1) is 22.6 Å². The third kappa shape index (κ3) is 3.22. The van der Waals surface area contributed by atoms with Crippen LogP contribution in [0.2, 0.25) is 5.02 Å². The minimum Gasteiger partial charge on any atom is -0.394 e. The summed E-state index contributed by atoms with van der Waals surface area (Å²) in [5.41, 5.74) is 0.271. The second-order valence-corrected chi connectivity index (χ2v) is 7.82. The number of carbonyl (C=O) groups excluding carboxylic acids is 1. The molecule has 1 aromatic rings. The quantitative estimate of drug-likeness (QED) is 0.912. The molecule has 2 atom stereocenters. The topological polar surface area (TPSA) is 74.7 Å². The first-order valence-electron chi connectivity index (χ1n) is 6.67. The summed E-state index contributed by atoms with van der Waals surface area (Å²) in [6.07, 6.45) is 1.88. The number of likely N-dealkylation sites (tertiary alicyclic amines) is 1. The van der Waals surface area contributed by atoms with Gasteiger partial charge in [-0.15, -0.1) is 0 Å². The Morgan fingerprint density at radius 3 is 2.71 bits per heavy atom. The minimum absolute atomic E-state index is 0.0530. The zero-order valence-electron chi connectivity index (χ0n) is 11.9. The van der Waals surface area contributed by atoms with E-state index in [-0.39, 0.29) is 40.0 Å². The number of aliphatic hydroxyl groups is 1. The van der Waals surface area contributed by atoms with E-state index in [1.54, 1.807) is 4.90 Å². The molecule has 7 heteroatoms. The van der Waals surface area contributed by atoms with Crippen molar-refractivity contribution in [3.63, 3.8) is 0 Å². The molecule has 1 aliphatic heterocycles. The summed E-state index contributed by atoms with van der Waals surface area (Å²) < 4.78 is 23.3. The minimum atomic E-state index is -3.49. The Bertz CT molecular complexity index is 659. The van der Waals surface area contributed by atoms with Crippen LogP contribution in [0.5, 0.6) is 0 Å². The maximum atomic E-state index is 12.5. The third-order valence-electron chi connectivity index (χ3n) is 3.91. The summed E-state index contributed by atoms with van der Waals surface area (Å²) in [5.74, 6) is -0.0550. The maximum Gasteiger partial charge on any atom is 0.254 e. The monoisotopic (exact) mass is 331 g/mol. The van der Waals surface area contributed by atoms with Gasteiger partial charge in [0.2, 0.25) is 0 Å². The molecule has 1 heterocycles. The molecule has 0 bridgehead atoms. The molecule has 1 saturated heterocycles. The number of rotatable bonds is 3. The Balaban J connectivity index is 2.37. The SMILES string of the molecule is CC1CCN(C(=O)c2ccc(Cl)c(S(C)(=O)=O)c2)C1CO. The van der Waals surface area contributed by atoms with Gasteiger partial charge in [0.15, 0.2) is 9.84 Å². The zero-order valence-corrected chi connectivity index (χ0v) is 13.5. The largest absolute Gasteiger partial charge is 0.394 e. The van der Waals surface area contributed by atoms with Crippen LogP contribution in [-0.2, 0) is 9.84 Å². The fourth-order valence-corrected chi connectivity index (χ4v) is 3.93. The van der Waals surface area contributed by atoms with Crippen molar-refractivity contribution in [2.24, 2.45) is 5.92 Å². The van der Waals surface area contributed by atoms with Crippen LogP contribution in [0, 0.1) is 5.92 Å². The van der Waals surface area contributed by atoms with Crippen LogP contribution < -0.4 is 0 Å². The van der Waals surface area contributed by atoms with Crippen LogP contribution in [0.1, 0.15) is 23.7 Å². The molecular weight excluding hydrogens is 314 g/mol. The van der Waals surface area contributed by atoms with Crippen molar-refractivity contribution in [1.82, 2.24) is 4.90 Å². The summed E-state index contributed by atoms with van der Waals surface area (Å²) in [6, 6.07) is 4.00. The van der Waals surface area contributed by atoms with Gasteiger partial charge < -0.3 is 10.0 Å². The number of benzene rings is 1. The van der Waals surface area contributed by atoms with E-state index in [4.69, 9.17) is 11.6 Å². The Hall–Kier alpha value is -1.11. The van der Waals surface area contributed by atoms with Crippen molar-refractivity contribution in [2.75, 3.05) is 19.4 Å². The van der Waals surface area contributed by atoms with E-state index in [2.05, 4.69) is 0 Å². The number of halogens is 1. The van der Waals surface area contributed by atoms with E-state index in [0.29, 0.717) is 6.54 Å². The molecule has 116 valence electrons. The van der Waals surface area contributed by atoms with E-state index in [9.17, 15) is 18.3 Å². The summed E-state index contributed by atoms with van der Waals surface area (Å²) in [5, 5.41) is 9.52. The lowest BCUT2D eigenvalue weighted by Crippen LogP contribution is -2.39. The number of hydrogen-bond acceptors (Lipinski definition) is 4. The standard InChI is InChI=1S/C14H18ClNO4S/c1-9-5-6-16(12(9)8-17)14(18)10-3-4-11(15)13(7-10)21(2,19)20/h3-4,7,9,12,17H,5-6,8H2,1-2H3. The van der Waals surface area contributed by atoms with Crippen LogP contribution in [0.4, 0.5) is 0 Å². The van der Waals surface area contributed by atoms with Crippen molar-refractivity contribution in [1.29, 1.82) is 0 Å². The number of carbonyl (C=O) groups is 1. The lowest BCUT2D eigenvalue weighted by molar-refractivity contribution is 0.0648. The highest BCUT2D eigenvalue weighted by Crippen LogP contribution is 2.28. The Kier molecular flexibility index (Phi) is 4.60. The van der Waals surface area contributed by atoms with Crippen molar-refractivity contribution >= 4 is 27.3 Å². The highest BCUT2D eigenvalue weighted by Gasteiger charge is 2.34. The number of hydrogen-bond donors (Lipinski definition) is 1. The normalized spacial score (nSPS) is 22.6. The third-order valence-corrected chi connectivity index (χ3v) is 5.49. The lowest BCUT2D eigenvalue weighted by Gasteiger charge is -2.25. The Morgan fingerprint density at radius 1 is 1.48 bits per heavy atom. The van der Waals surface area contributed by atoms with Crippen LogP contribution >= 0.6 is 11.6 Å². The Labute approximate surface area is 129 Å². The molecular formula is C14H18ClNO4S. The number of nitrogens with zero attached hydrogens (tertiary/aromatic N) is 1. The van der Waals surface area contributed by atoms with Crippen LogP contribution in [0.25, 0.3) is 0 Å². The molecule has 1 N–H and O–H groups in total. The molecule has 0 saturated carbocycles. The highest BCUT2D eigenvalue weighted by atomic mass is 35.5. The van der Waals surface area contributed by atoms with Gasteiger partial charge in [-0.2, -0.15) is 0 Å². The van der Waals surface area contributed by atoms with E-state index < -0.39 is 9.84 Å². The first-order chi connectivity index (χ1) is 9.75. The van der Waals surface area contributed by atoms with Gasteiger partial charge in [-0.05, 0) is 30.5 Å². The van der Waals surface area contributed by atoms with Gasteiger partial charge in [0.25, 0.3) is 5.91 Å². The molecule has 0 spiro atoms. The van der Waals surface area contributed by atoms with E-state index in [0.717, 1.165) is 12.7 Å². The molecule has 0 radical (unpaired) electrons. The summed E-state index contributed by atoms with van der Waals surface area (Å²) >= 11 is 5.88. The van der Waals surface area contributed by atoms with Gasteiger partial charge >= 0.3 is 0 Å². The Morgan fingerprint density at radius 2 is 2.14 bits per heavy atom. The molecule has 1 amide bonds. The lowest BCUT2D eigenvalue weighted by atomic mass is 10.0. The predicted octanol–water partition coefficient (Wildman–Crippen LogP) is 1.59. The molecule has 1 aliphatic rings. The first-order valence-corrected chi connectivity index (χ1v) is 8.94. The zero-order chi connectivity index (χ0) is 15.8. The average Bonchev–Trinajstić information content (AvgIpc) is 2.78. The fourth-order valence-electron chi connectivity index (χ4n) is 2.63. The van der Waals surface area contributed by atoms with Gasteiger partial charge in [-0.3, -0.25) is 4.79 Å². The van der Waals surface area contributed by atoms with E-state index in [1.807, 2.05) is 6.92 Å². The fraction of sp³-hybridized carbons (Fsp3) is 0.500. The second kappa shape index (κ2) is 5.94. The molecule has 1 fully saturated rings. The molecule has 0 aliphatic carbocycles. The van der Waals surface area contributed by atoms with Crippen LogP contribution in [0.3, 0.4) is 0 Å². The van der Waals surface area contributed by atoms with Crippen LogP contribution in [-0.4, -0.2) is 49.8 Å². The maximum absolute atomic E-state index is 12.5. The molecule has 21 heavy (non-hydrogen) atoms. The number of sulfone groups is 1. The van der Waals surface area contributed by atoms with Gasteiger partial charge in [0, 0.05) is 18.4 Å². The van der Waals surface area contributed by atoms with Gasteiger partial charge in [-0.25, -0.2) is 8.42 Å². The summed E-state index contributed by atoms with van der Waals surface area (Å²) in [6.45, 7) is 2.44. The predicted molar refractivity (Wildman–Crippen MR) is 80.3 cm³/mol. The molecule has 1 aromatic carbocycles. The van der Waals surface area contributed by atoms with Crippen molar-refractivity contribution in [3.8, 4) is 0 Å². The van der Waals surface area contributed by atoms with E-state index >= 15 is 0 Å².